The summed E-state index contributed by atoms with van der Waals surface area (Å²) in [5.74, 6) is 0. The molecular formula is C18H33. The summed E-state index contributed by atoms with van der Waals surface area (Å²) in [7, 11) is 0. The molecule has 1 radical (unpaired) electrons. The van der Waals surface area contributed by atoms with Gasteiger partial charge >= 0.3 is 0 Å². The highest BCUT2D eigenvalue weighted by Crippen LogP contribution is 2.08. The SMILES string of the molecule is [CH2]CCCCCCCCC=CCCC=CCCC. The van der Waals surface area contributed by atoms with Crippen LogP contribution in [0, 0.1) is 6.92 Å². The zero-order valence-electron chi connectivity index (χ0n) is 12.5. The van der Waals surface area contributed by atoms with E-state index in [0.29, 0.717) is 0 Å². The second kappa shape index (κ2) is 16.5. The quantitative estimate of drug-likeness (QED) is 0.254. The predicted molar refractivity (Wildman–Crippen MR) is 84.7 cm³/mol. The fourth-order valence-electron chi connectivity index (χ4n) is 1.98. The lowest BCUT2D eigenvalue weighted by Crippen LogP contribution is -1.79. The Balaban J connectivity index is 3.09. The molecule has 0 fully saturated rings. The van der Waals surface area contributed by atoms with Gasteiger partial charge in [0.05, 0.1) is 0 Å². The molecule has 0 unspecified atom stereocenters. The smallest absolute Gasteiger partial charge is 0.0316 e. The largest absolute Gasteiger partial charge is 0.0885 e. The Hall–Kier alpha value is -0.520. The van der Waals surface area contributed by atoms with Gasteiger partial charge in [-0.3, -0.25) is 0 Å². The van der Waals surface area contributed by atoms with Gasteiger partial charge in [0.1, 0.15) is 0 Å². The fraction of sp³-hybridized carbons (Fsp3) is 0.722. The second-order valence-corrected chi connectivity index (χ2v) is 5.07. The van der Waals surface area contributed by atoms with Crippen LogP contribution >= 0.6 is 0 Å². The normalized spacial score (nSPS) is 11.9. The van der Waals surface area contributed by atoms with Crippen molar-refractivity contribution in [1.82, 2.24) is 0 Å². The standard InChI is InChI=1S/C18H33/c1-3-5-7-9-11-13-15-17-18-16-14-12-10-8-6-4-2/h8,10,16,18H,1,3-7,9,11-15,17H2,2H3. The molecule has 0 saturated heterocycles. The maximum Gasteiger partial charge on any atom is -0.0316 e. The average Bonchev–Trinajstić information content (AvgIpc) is 2.39. The highest BCUT2D eigenvalue weighted by Gasteiger charge is 1.89. The van der Waals surface area contributed by atoms with E-state index >= 15 is 0 Å². The Kier molecular flexibility index (Phi) is 16.0. The van der Waals surface area contributed by atoms with E-state index in [1.54, 1.807) is 0 Å². The van der Waals surface area contributed by atoms with E-state index in [9.17, 15) is 0 Å². The van der Waals surface area contributed by atoms with Crippen molar-refractivity contribution in [3.63, 3.8) is 0 Å². The monoisotopic (exact) mass is 249 g/mol. The third-order valence-electron chi connectivity index (χ3n) is 3.16. The molecule has 0 rings (SSSR count). The summed E-state index contributed by atoms with van der Waals surface area (Å²) in [4.78, 5) is 0. The van der Waals surface area contributed by atoms with Gasteiger partial charge in [-0.1, -0.05) is 83.1 Å². The van der Waals surface area contributed by atoms with Crippen molar-refractivity contribution in [2.75, 3.05) is 0 Å². The Morgan fingerprint density at radius 1 is 0.611 bits per heavy atom. The van der Waals surface area contributed by atoms with Gasteiger partial charge in [0.25, 0.3) is 0 Å². The maximum atomic E-state index is 3.87. The predicted octanol–water partition coefficient (Wildman–Crippen LogP) is 6.63. The maximum absolute atomic E-state index is 3.87. The van der Waals surface area contributed by atoms with Crippen LogP contribution in [0.25, 0.3) is 0 Å². The molecule has 0 aliphatic heterocycles. The van der Waals surface area contributed by atoms with Crippen LogP contribution in [-0.4, -0.2) is 0 Å². The van der Waals surface area contributed by atoms with Crippen molar-refractivity contribution in [3.05, 3.63) is 31.2 Å². The van der Waals surface area contributed by atoms with E-state index in [1.165, 1.54) is 70.6 Å². The molecule has 0 aromatic carbocycles. The zero-order valence-corrected chi connectivity index (χ0v) is 12.5. The molecule has 0 spiro atoms. The molecule has 0 heteroatoms. The molecule has 0 aromatic heterocycles. The van der Waals surface area contributed by atoms with Gasteiger partial charge in [-0.25, -0.2) is 0 Å². The molecule has 105 valence electrons. The lowest BCUT2D eigenvalue weighted by molar-refractivity contribution is 0.599. The first-order valence-electron chi connectivity index (χ1n) is 8.01. The van der Waals surface area contributed by atoms with Gasteiger partial charge in [-0.2, -0.15) is 0 Å². The summed E-state index contributed by atoms with van der Waals surface area (Å²) < 4.78 is 0. The number of rotatable bonds is 13. The first kappa shape index (κ1) is 17.5. The minimum Gasteiger partial charge on any atom is -0.0885 e. The van der Waals surface area contributed by atoms with Crippen LogP contribution in [0.2, 0.25) is 0 Å². The van der Waals surface area contributed by atoms with Gasteiger partial charge < -0.3 is 0 Å². The molecule has 0 amide bonds. The van der Waals surface area contributed by atoms with E-state index in [-0.39, 0.29) is 0 Å². The molecule has 0 aliphatic rings. The highest BCUT2D eigenvalue weighted by molar-refractivity contribution is 4.87. The van der Waals surface area contributed by atoms with Gasteiger partial charge in [0, 0.05) is 0 Å². The number of allylic oxidation sites excluding steroid dienone is 4. The summed E-state index contributed by atoms with van der Waals surface area (Å²) in [5.41, 5.74) is 0. The van der Waals surface area contributed by atoms with Gasteiger partial charge in [0.15, 0.2) is 0 Å². The topological polar surface area (TPSA) is 0 Å². The molecule has 18 heavy (non-hydrogen) atoms. The van der Waals surface area contributed by atoms with Crippen molar-refractivity contribution in [3.8, 4) is 0 Å². The lowest BCUT2D eigenvalue weighted by Gasteiger charge is -1.98. The third-order valence-corrected chi connectivity index (χ3v) is 3.16. The van der Waals surface area contributed by atoms with Crippen LogP contribution in [0.4, 0.5) is 0 Å². The van der Waals surface area contributed by atoms with Crippen molar-refractivity contribution in [2.45, 2.75) is 84.0 Å². The van der Waals surface area contributed by atoms with Gasteiger partial charge in [-0.15, -0.1) is 0 Å². The Morgan fingerprint density at radius 3 is 1.72 bits per heavy atom. The molecular weight excluding hydrogens is 216 g/mol. The summed E-state index contributed by atoms with van der Waals surface area (Å²) in [6.07, 6.45) is 24.9. The molecule has 0 aromatic rings. The summed E-state index contributed by atoms with van der Waals surface area (Å²) in [6, 6.07) is 0. The minimum atomic E-state index is 1.11. The molecule has 0 nitrogen and oxygen atoms in total. The first-order chi connectivity index (χ1) is 8.91. The number of hydrogen-bond acceptors (Lipinski definition) is 0. The Morgan fingerprint density at radius 2 is 1.11 bits per heavy atom. The fourth-order valence-corrected chi connectivity index (χ4v) is 1.98. The van der Waals surface area contributed by atoms with Crippen molar-refractivity contribution in [1.29, 1.82) is 0 Å². The second-order valence-electron chi connectivity index (χ2n) is 5.07. The molecule has 0 N–H and O–H groups in total. The van der Waals surface area contributed by atoms with Crippen LogP contribution in [0.1, 0.15) is 84.0 Å². The lowest BCUT2D eigenvalue weighted by atomic mass is 10.1. The van der Waals surface area contributed by atoms with Crippen LogP contribution in [0.15, 0.2) is 24.3 Å². The zero-order chi connectivity index (χ0) is 13.3. The Bertz CT molecular complexity index is 188. The van der Waals surface area contributed by atoms with E-state index in [4.69, 9.17) is 0 Å². The van der Waals surface area contributed by atoms with E-state index in [2.05, 4.69) is 38.2 Å². The number of hydrogen-bond donors (Lipinski definition) is 0. The van der Waals surface area contributed by atoms with Gasteiger partial charge in [-0.05, 0) is 32.1 Å². The van der Waals surface area contributed by atoms with E-state index in [0.717, 1.165) is 6.42 Å². The van der Waals surface area contributed by atoms with Crippen molar-refractivity contribution in [2.24, 2.45) is 0 Å². The van der Waals surface area contributed by atoms with Gasteiger partial charge in [0.2, 0.25) is 0 Å². The molecule has 0 heterocycles. The molecule has 0 aliphatic carbocycles. The summed E-state index contributed by atoms with van der Waals surface area (Å²) in [5, 5.41) is 0. The molecule has 0 atom stereocenters. The van der Waals surface area contributed by atoms with Crippen LogP contribution < -0.4 is 0 Å². The van der Waals surface area contributed by atoms with Crippen LogP contribution in [0.3, 0.4) is 0 Å². The molecule has 0 bridgehead atoms. The first-order valence-corrected chi connectivity index (χ1v) is 8.01. The van der Waals surface area contributed by atoms with Crippen molar-refractivity contribution < 1.29 is 0 Å². The van der Waals surface area contributed by atoms with Crippen LogP contribution in [0.5, 0.6) is 0 Å². The van der Waals surface area contributed by atoms with Crippen molar-refractivity contribution >= 4 is 0 Å². The van der Waals surface area contributed by atoms with Crippen LogP contribution in [-0.2, 0) is 0 Å². The highest BCUT2D eigenvalue weighted by atomic mass is 14.0. The Labute approximate surface area is 116 Å². The third kappa shape index (κ3) is 15.5. The summed E-state index contributed by atoms with van der Waals surface area (Å²) >= 11 is 0. The minimum absolute atomic E-state index is 1.11. The number of unbranched alkanes of at least 4 members (excludes halogenated alkanes) is 9. The summed E-state index contributed by atoms with van der Waals surface area (Å²) in [6.45, 7) is 6.10. The average molecular weight is 249 g/mol. The van der Waals surface area contributed by atoms with E-state index < -0.39 is 0 Å². The van der Waals surface area contributed by atoms with E-state index in [1.807, 2.05) is 0 Å². The molecule has 0 saturated carbocycles.